The number of benzene rings is 1. The third-order valence-corrected chi connectivity index (χ3v) is 6.20. The Morgan fingerprint density at radius 2 is 1.62 bits per heavy atom. The Balaban J connectivity index is 1.54. The summed E-state index contributed by atoms with van der Waals surface area (Å²) in [5, 5.41) is 8.09. The normalized spacial score (nSPS) is 16.9. The largest absolute Gasteiger partial charge is 0.350 e. The first-order chi connectivity index (χ1) is 15.2. The van der Waals surface area contributed by atoms with Gasteiger partial charge in [-0.3, -0.25) is 19.4 Å². The van der Waals surface area contributed by atoms with Crippen LogP contribution in [0.3, 0.4) is 0 Å². The highest BCUT2D eigenvalue weighted by Crippen LogP contribution is 2.26. The molecule has 1 aliphatic heterocycles. The highest BCUT2D eigenvalue weighted by Gasteiger charge is 2.23. The zero-order valence-electron chi connectivity index (χ0n) is 19.1. The Hall–Kier alpha value is -2.29. The van der Waals surface area contributed by atoms with Crippen molar-refractivity contribution in [2.24, 2.45) is 0 Å². The number of halogens is 1. The number of nitrogens with zero attached hydrogens (tertiary/aromatic N) is 2. The molecule has 1 aromatic carbocycles. The number of hydrogen-bond donors (Lipinski definition) is 2. The van der Waals surface area contributed by atoms with Gasteiger partial charge in [0.15, 0.2) is 0 Å². The molecule has 3 rings (SSSR count). The van der Waals surface area contributed by atoms with Gasteiger partial charge in [-0.1, -0.05) is 18.2 Å². The molecule has 8 heteroatoms. The molecule has 0 unspecified atom stereocenters. The van der Waals surface area contributed by atoms with E-state index in [0.717, 1.165) is 43.0 Å². The molecule has 0 bridgehead atoms. The average molecular weight is 461 g/mol. The lowest BCUT2D eigenvalue weighted by Crippen LogP contribution is -2.46. The number of nitrogens with one attached hydrogen (secondary N) is 2. The number of carbonyl (C=O) groups is 2. The molecule has 2 heterocycles. The standard InChI is InChI=1S/C24H33FN4O2S/c1-24(2,3)27-22(31)17-29-12-5-11-28(13-14-29)16-21(30)26-23(20-6-4-15-32-20)18-7-9-19(25)10-8-18/h4,6-10,15,23H,5,11-14,16-17H2,1-3H3,(H,26,30)(H,27,31)/t23-/m0/s1. The van der Waals surface area contributed by atoms with E-state index in [1.54, 1.807) is 23.5 Å². The number of amides is 2. The Morgan fingerprint density at radius 3 is 2.19 bits per heavy atom. The molecule has 1 aromatic heterocycles. The Bertz CT molecular complexity index is 880. The smallest absolute Gasteiger partial charge is 0.234 e. The third-order valence-electron chi connectivity index (χ3n) is 5.27. The first-order valence-electron chi connectivity index (χ1n) is 11.0. The number of rotatable bonds is 7. The maximum absolute atomic E-state index is 13.4. The number of thiophene rings is 1. The Morgan fingerprint density at radius 1 is 1.00 bits per heavy atom. The molecule has 1 aliphatic rings. The molecular formula is C24H33FN4O2S. The van der Waals surface area contributed by atoms with Crippen molar-refractivity contribution in [2.45, 2.75) is 38.8 Å². The topological polar surface area (TPSA) is 64.7 Å². The van der Waals surface area contributed by atoms with Crippen molar-refractivity contribution in [3.05, 3.63) is 58.0 Å². The van der Waals surface area contributed by atoms with Gasteiger partial charge >= 0.3 is 0 Å². The van der Waals surface area contributed by atoms with Gasteiger partial charge in [0.1, 0.15) is 5.82 Å². The summed E-state index contributed by atoms with van der Waals surface area (Å²) >= 11 is 1.56. The van der Waals surface area contributed by atoms with E-state index in [4.69, 9.17) is 0 Å². The van der Waals surface area contributed by atoms with Crippen molar-refractivity contribution in [2.75, 3.05) is 39.3 Å². The predicted molar refractivity (Wildman–Crippen MR) is 126 cm³/mol. The minimum absolute atomic E-state index is 0.0294. The van der Waals surface area contributed by atoms with E-state index in [9.17, 15) is 14.0 Å². The van der Waals surface area contributed by atoms with Crippen LogP contribution in [0.4, 0.5) is 4.39 Å². The molecule has 2 amide bonds. The molecule has 0 spiro atoms. The van der Waals surface area contributed by atoms with Gasteiger partial charge in [0.2, 0.25) is 11.8 Å². The van der Waals surface area contributed by atoms with Crippen LogP contribution < -0.4 is 10.6 Å². The fourth-order valence-electron chi connectivity index (χ4n) is 3.84. The monoisotopic (exact) mass is 460 g/mol. The van der Waals surface area contributed by atoms with Gasteiger partial charge in [-0.2, -0.15) is 0 Å². The highest BCUT2D eigenvalue weighted by molar-refractivity contribution is 7.10. The van der Waals surface area contributed by atoms with Crippen LogP contribution in [-0.2, 0) is 9.59 Å². The second-order valence-electron chi connectivity index (χ2n) is 9.27. The second kappa shape index (κ2) is 11.0. The summed E-state index contributed by atoms with van der Waals surface area (Å²) in [4.78, 5) is 30.4. The van der Waals surface area contributed by atoms with Gasteiger partial charge < -0.3 is 10.6 Å². The maximum atomic E-state index is 13.4. The van der Waals surface area contributed by atoms with Gasteiger partial charge in [0, 0.05) is 23.5 Å². The van der Waals surface area contributed by atoms with Crippen LogP contribution in [0, 0.1) is 5.82 Å². The quantitative estimate of drug-likeness (QED) is 0.667. The van der Waals surface area contributed by atoms with E-state index in [0.29, 0.717) is 13.1 Å². The first-order valence-corrected chi connectivity index (χ1v) is 11.9. The molecule has 0 saturated carbocycles. The van der Waals surface area contributed by atoms with E-state index in [2.05, 4.69) is 20.4 Å². The van der Waals surface area contributed by atoms with Crippen LogP contribution in [0.15, 0.2) is 41.8 Å². The van der Waals surface area contributed by atoms with Gasteiger partial charge in [0.05, 0.1) is 19.1 Å². The van der Waals surface area contributed by atoms with Gasteiger partial charge in [-0.05, 0) is 69.4 Å². The van der Waals surface area contributed by atoms with Crippen molar-refractivity contribution in [1.29, 1.82) is 0 Å². The zero-order chi connectivity index (χ0) is 23.1. The summed E-state index contributed by atoms with van der Waals surface area (Å²) in [6, 6.07) is 9.89. The SMILES string of the molecule is CC(C)(C)NC(=O)CN1CCCN(CC(=O)N[C@@H](c2ccc(F)cc2)c2cccs2)CC1. The van der Waals surface area contributed by atoms with Crippen molar-refractivity contribution in [3.63, 3.8) is 0 Å². The molecule has 32 heavy (non-hydrogen) atoms. The summed E-state index contributed by atoms with van der Waals surface area (Å²) in [6.07, 6.45) is 0.905. The van der Waals surface area contributed by atoms with Gasteiger partial charge in [-0.15, -0.1) is 11.3 Å². The van der Waals surface area contributed by atoms with Gasteiger partial charge in [-0.25, -0.2) is 4.39 Å². The fourth-order valence-corrected chi connectivity index (χ4v) is 4.64. The second-order valence-corrected chi connectivity index (χ2v) is 10.3. The molecule has 1 fully saturated rings. The Labute approximate surface area is 193 Å². The number of carbonyl (C=O) groups excluding carboxylic acids is 2. The van der Waals surface area contributed by atoms with E-state index >= 15 is 0 Å². The van der Waals surface area contributed by atoms with Crippen LogP contribution >= 0.6 is 11.3 Å². The van der Waals surface area contributed by atoms with E-state index in [-0.39, 0.29) is 29.2 Å². The minimum Gasteiger partial charge on any atom is -0.350 e. The van der Waals surface area contributed by atoms with E-state index in [1.807, 2.05) is 38.3 Å². The Kier molecular flexibility index (Phi) is 8.39. The van der Waals surface area contributed by atoms with E-state index in [1.165, 1.54) is 12.1 Å². The van der Waals surface area contributed by atoms with Crippen LogP contribution in [-0.4, -0.2) is 66.4 Å². The molecule has 0 aliphatic carbocycles. The van der Waals surface area contributed by atoms with Crippen molar-refractivity contribution >= 4 is 23.2 Å². The lowest BCUT2D eigenvalue weighted by atomic mass is 10.1. The lowest BCUT2D eigenvalue weighted by molar-refractivity contribution is -0.124. The predicted octanol–water partition coefficient (Wildman–Crippen LogP) is 3.02. The summed E-state index contributed by atoms with van der Waals surface area (Å²) in [5.74, 6) is -0.330. The summed E-state index contributed by atoms with van der Waals surface area (Å²) in [6.45, 7) is 9.73. The molecule has 6 nitrogen and oxygen atoms in total. The average Bonchev–Trinajstić information content (AvgIpc) is 3.15. The summed E-state index contributed by atoms with van der Waals surface area (Å²) in [7, 11) is 0. The number of hydrogen-bond acceptors (Lipinski definition) is 5. The highest BCUT2D eigenvalue weighted by atomic mass is 32.1. The minimum atomic E-state index is -0.298. The molecule has 0 radical (unpaired) electrons. The van der Waals surface area contributed by atoms with Crippen molar-refractivity contribution in [3.8, 4) is 0 Å². The molecule has 2 N–H and O–H groups in total. The molecular weight excluding hydrogens is 427 g/mol. The lowest BCUT2D eigenvalue weighted by Gasteiger charge is -2.25. The molecule has 2 aromatic rings. The first kappa shape index (κ1) is 24.4. The van der Waals surface area contributed by atoms with Crippen LogP contribution in [0.5, 0.6) is 0 Å². The van der Waals surface area contributed by atoms with Crippen LogP contribution in [0.2, 0.25) is 0 Å². The van der Waals surface area contributed by atoms with Crippen LogP contribution in [0.25, 0.3) is 0 Å². The van der Waals surface area contributed by atoms with Crippen molar-refractivity contribution < 1.29 is 14.0 Å². The fraction of sp³-hybridized carbons (Fsp3) is 0.500. The molecule has 1 atom stereocenters. The van der Waals surface area contributed by atoms with E-state index < -0.39 is 0 Å². The summed E-state index contributed by atoms with van der Waals surface area (Å²) in [5.41, 5.74) is 0.616. The summed E-state index contributed by atoms with van der Waals surface area (Å²) < 4.78 is 13.4. The van der Waals surface area contributed by atoms with Gasteiger partial charge in [0.25, 0.3) is 0 Å². The molecule has 174 valence electrons. The third kappa shape index (κ3) is 7.69. The van der Waals surface area contributed by atoms with Crippen LogP contribution in [0.1, 0.15) is 43.7 Å². The van der Waals surface area contributed by atoms with Crippen molar-refractivity contribution in [1.82, 2.24) is 20.4 Å². The maximum Gasteiger partial charge on any atom is 0.234 e. The molecule has 1 saturated heterocycles. The zero-order valence-corrected chi connectivity index (χ0v) is 19.9.